The molecule has 0 bridgehead atoms. The molecule has 0 saturated heterocycles. The molecule has 0 aliphatic carbocycles. The van der Waals surface area contributed by atoms with E-state index < -0.39 is 97.5 Å². The third kappa shape index (κ3) is 69.8. The van der Waals surface area contributed by atoms with Crippen molar-refractivity contribution < 1.29 is 80.2 Å². The lowest BCUT2D eigenvalue weighted by atomic mass is 9.99. The molecule has 582 valence electrons. The number of aliphatic hydroxyl groups is 1. The first kappa shape index (κ1) is 96.1. The van der Waals surface area contributed by atoms with Gasteiger partial charge in [0.15, 0.2) is 12.2 Å². The Morgan fingerprint density at radius 2 is 0.490 bits per heavy atom. The van der Waals surface area contributed by atoms with E-state index in [1.807, 2.05) is 0 Å². The quantitative estimate of drug-likeness (QED) is 0.0222. The van der Waals surface area contributed by atoms with E-state index >= 15 is 0 Å². The number of hydrogen-bond acceptors (Lipinski definition) is 15. The van der Waals surface area contributed by atoms with E-state index in [1.165, 1.54) is 199 Å². The number of ether oxygens (including phenoxy) is 4. The molecule has 98 heavy (non-hydrogen) atoms. The van der Waals surface area contributed by atoms with E-state index in [-0.39, 0.29) is 25.7 Å². The van der Waals surface area contributed by atoms with Gasteiger partial charge in [-0.25, -0.2) is 9.13 Å². The van der Waals surface area contributed by atoms with Crippen LogP contribution in [0.5, 0.6) is 0 Å². The van der Waals surface area contributed by atoms with Crippen LogP contribution in [0.15, 0.2) is 0 Å². The van der Waals surface area contributed by atoms with Crippen LogP contribution in [-0.4, -0.2) is 96.7 Å². The average molecular weight is 1440 g/mol. The van der Waals surface area contributed by atoms with Gasteiger partial charge in [-0.15, -0.1) is 0 Å². The van der Waals surface area contributed by atoms with Crippen LogP contribution in [0.3, 0.4) is 0 Å². The highest BCUT2D eigenvalue weighted by molar-refractivity contribution is 7.47. The van der Waals surface area contributed by atoms with Gasteiger partial charge in [0, 0.05) is 25.7 Å². The average Bonchev–Trinajstić information content (AvgIpc) is 0.934. The Morgan fingerprint density at radius 3 is 0.724 bits per heavy atom. The van der Waals surface area contributed by atoms with Crippen molar-refractivity contribution in [1.82, 2.24) is 0 Å². The van der Waals surface area contributed by atoms with Gasteiger partial charge in [0.1, 0.15) is 19.3 Å². The number of aliphatic hydroxyl groups excluding tert-OH is 1. The van der Waals surface area contributed by atoms with Crippen molar-refractivity contribution in [3.8, 4) is 0 Å². The lowest BCUT2D eigenvalue weighted by molar-refractivity contribution is -0.161. The summed E-state index contributed by atoms with van der Waals surface area (Å²) in [6.07, 6.45) is 54.2. The maximum Gasteiger partial charge on any atom is 0.472 e. The van der Waals surface area contributed by atoms with Crippen LogP contribution in [0.4, 0.5) is 0 Å². The third-order valence-corrected chi connectivity index (χ3v) is 20.9. The minimum absolute atomic E-state index is 0.106. The summed E-state index contributed by atoms with van der Waals surface area (Å²) in [6.45, 7) is 14.2. The van der Waals surface area contributed by atoms with Crippen molar-refractivity contribution in [2.75, 3.05) is 39.6 Å². The molecule has 0 aliphatic heterocycles. The van der Waals surface area contributed by atoms with Crippen LogP contribution >= 0.6 is 15.6 Å². The zero-order chi connectivity index (χ0) is 72.4. The standard InChI is InChI=1S/C79H154O17P2/c1-9-71(7)57-49-41-33-27-21-17-15-13-11-12-14-16-18-22-28-35-45-53-61-78(83)96-75(66-90-77(82)60-52-44-38-37-42-50-58-72(8)10-2)68-94-98(87,88)92-64-73(80)63-91-97(85,86)93-67-74(65-89-76(81)59-51-43-34-30-24-26-32-40-48-56-70(5)6)95-79(84)62-54-46-36-29-23-19-20-25-31-39-47-55-69(3)4/h69-75,80H,9-68H2,1-8H3,(H,85,86)(H,87,88)/t71?,72?,73-,74-,75-/m1/s1. The number of hydrogen-bond donors (Lipinski definition) is 3. The van der Waals surface area contributed by atoms with Crippen molar-refractivity contribution in [1.29, 1.82) is 0 Å². The van der Waals surface area contributed by atoms with E-state index in [1.54, 1.807) is 0 Å². The van der Waals surface area contributed by atoms with Crippen LogP contribution in [-0.2, 0) is 65.4 Å². The Hall–Kier alpha value is -1.94. The fraction of sp³-hybridized carbons (Fsp3) is 0.949. The molecule has 0 spiro atoms. The Labute approximate surface area is 600 Å². The molecule has 0 fully saturated rings. The Kier molecular flexibility index (Phi) is 66.8. The molecule has 0 aromatic carbocycles. The first-order valence-corrected chi connectivity index (χ1v) is 43.8. The lowest BCUT2D eigenvalue weighted by Gasteiger charge is -2.21. The van der Waals surface area contributed by atoms with E-state index in [4.69, 9.17) is 37.0 Å². The second-order valence-electron chi connectivity index (χ2n) is 29.9. The predicted octanol–water partition coefficient (Wildman–Crippen LogP) is 23.2. The molecule has 0 amide bonds. The molecule has 0 aromatic rings. The molecule has 0 heterocycles. The maximum absolute atomic E-state index is 13.1. The van der Waals surface area contributed by atoms with Gasteiger partial charge in [-0.2, -0.15) is 0 Å². The second kappa shape index (κ2) is 68.2. The van der Waals surface area contributed by atoms with Crippen LogP contribution in [0.25, 0.3) is 0 Å². The highest BCUT2D eigenvalue weighted by Crippen LogP contribution is 2.45. The van der Waals surface area contributed by atoms with Crippen molar-refractivity contribution >= 4 is 39.5 Å². The summed E-state index contributed by atoms with van der Waals surface area (Å²) >= 11 is 0. The number of phosphoric acid groups is 2. The molecule has 0 radical (unpaired) electrons. The van der Waals surface area contributed by atoms with Crippen LogP contribution in [0.1, 0.15) is 402 Å². The molecule has 7 atom stereocenters. The summed E-state index contributed by atoms with van der Waals surface area (Å²) in [7, 11) is -9.92. The highest BCUT2D eigenvalue weighted by Gasteiger charge is 2.30. The third-order valence-electron chi connectivity index (χ3n) is 19.0. The van der Waals surface area contributed by atoms with Crippen molar-refractivity contribution in [3.05, 3.63) is 0 Å². The van der Waals surface area contributed by atoms with Gasteiger partial charge < -0.3 is 33.8 Å². The number of carbonyl (C=O) groups excluding carboxylic acids is 4. The molecular formula is C79H154O17P2. The maximum atomic E-state index is 13.1. The normalized spacial score (nSPS) is 14.6. The van der Waals surface area contributed by atoms with Gasteiger partial charge in [-0.05, 0) is 49.4 Å². The topological polar surface area (TPSA) is 237 Å². The van der Waals surface area contributed by atoms with Crippen LogP contribution in [0, 0.1) is 23.7 Å². The van der Waals surface area contributed by atoms with Gasteiger partial charge >= 0.3 is 39.5 Å². The van der Waals surface area contributed by atoms with Crippen molar-refractivity contribution in [2.24, 2.45) is 23.7 Å². The number of rotatable bonds is 76. The van der Waals surface area contributed by atoms with Gasteiger partial charge in [-0.1, -0.05) is 351 Å². The number of phosphoric ester groups is 2. The first-order chi connectivity index (χ1) is 47.2. The molecular weight excluding hydrogens is 1280 g/mol. The fourth-order valence-electron chi connectivity index (χ4n) is 12.0. The predicted molar refractivity (Wildman–Crippen MR) is 400 cm³/mol. The first-order valence-electron chi connectivity index (χ1n) is 40.8. The Bertz CT molecular complexity index is 1920. The summed E-state index contributed by atoms with van der Waals surface area (Å²) in [5.41, 5.74) is 0. The summed E-state index contributed by atoms with van der Waals surface area (Å²) in [4.78, 5) is 72.9. The fourth-order valence-corrected chi connectivity index (χ4v) is 13.6. The monoisotopic (exact) mass is 1440 g/mol. The molecule has 19 heteroatoms. The highest BCUT2D eigenvalue weighted by atomic mass is 31.2. The molecule has 3 N–H and O–H groups in total. The van der Waals surface area contributed by atoms with E-state index in [0.29, 0.717) is 25.7 Å². The summed E-state index contributed by atoms with van der Waals surface area (Å²) in [6, 6.07) is 0. The summed E-state index contributed by atoms with van der Waals surface area (Å²) in [5, 5.41) is 10.6. The van der Waals surface area contributed by atoms with Crippen LogP contribution < -0.4 is 0 Å². The van der Waals surface area contributed by atoms with Crippen LogP contribution in [0.2, 0.25) is 0 Å². The lowest BCUT2D eigenvalue weighted by Crippen LogP contribution is -2.30. The zero-order valence-corrected chi connectivity index (χ0v) is 66.2. The minimum atomic E-state index is -4.96. The molecule has 0 saturated carbocycles. The molecule has 0 aromatic heterocycles. The summed E-state index contributed by atoms with van der Waals surface area (Å²) in [5.74, 6) is 0.992. The second-order valence-corrected chi connectivity index (χ2v) is 32.8. The molecule has 0 aliphatic rings. The Balaban J connectivity index is 5.19. The number of carbonyl (C=O) groups is 4. The zero-order valence-electron chi connectivity index (χ0n) is 64.4. The molecule has 4 unspecified atom stereocenters. The SMILES string of the molecule is CCC(C)CCCCCCCCCCCCCCCCCCCCC(=O)O[C@H](COC(=O)CCCCCCCCC(C)CC)COP(=O)(O)OC[C@H](O)COP(=O)(O)OC[C@@H](COC(=O)CCCCCCCCCCCC(C)C)OC(=O)CCCCCCCCCCCCCC(C)C. The minimum Gasteiger partial charge on any atom is -0.462 e. The Morgan fingerprint density at radius 1 is 0.286 bits per heavy atom. The van der Waals surface area contributed by atoms with E-state index in [0.717, 1.165) is 120 Å². The van der Waals surface area contributed by atoms with Gasteiger partial charge in [0.05, 0.1) is 26.4 Å². The van der Waals surface area contributed by atoms with Gasteiger partial charge in [0.2, 0.25) is 0 Å². The molecule has 0 rings (SSSR count). The summed E-state index contributed by atoms with van der Waals surface area (Å²) < 4.78 is 68.6. The largest absolute Gasteiger partial charge is 0.472 e. The number of esters is 4. The van der Waals surface area contributed by atoms with Crippen molar-refractivity contribution in [3.63, 3.8) is 0 Å². The molecule has 17 nitrogen and oxygen atoms in total. The van der Waals surface area contributed by atoms with Gasteiger partial charge in [-0.3, -0.25) is 37.3 Å². The van der Waals surface area contributed by atoms with Crippen molar-refractivity contribution in [2.45, 2.75) is 420 Å². The van der Waals surface area contributed by atoms with E-state index in [2.05, 4.69) is 55.4 Å². The van der Waals surface area contributed by atoms with Gasteiger partial charge in [0.25, 0.3) is 0 Å². The van der Waals surface area contributed by atoms with E-state index in [9.17, 15) is 43.2 Å². The smallest absolute Gasteiger partial charge is 0.462 e. The number of unbranched alkanes of at least 4 members (excludes halogenated alkanes) is 40.